The number of rotatable bonds is 6. The number of piperazine rings is 1. The Bertz CT molecular complexity index is 1060. The van der Waals surface area contributed by atoms with Gasteiger partial charge in [0.15, 0.2) is 5.76 Å². The SMILES string of the molecule is CCN1CCN(S(=O)(=O)c2cccc(NC(=O)[C@@H]3CCCN3C(=O)c3ccco3)c2)CC1. The highest BCUT2D eigenvalue weighted by molar-refractivity contribution is 7.89. The van der Waals surface area contributed by atoms with E-state index in [1.54, 1.807) is 30.3 Å². The molecular weight excluding hydrogens is 432 g/mol. The lowest BCUT2D eigenvalue weighted by Crippen LogP contribution is -2.48. The molecule has 10 heteroatoms. The van der Waals surface area contributed by atoms with Crippen LogP contribution in [0.5, 0.6) is 0 Å². The first kappa shape index (κ1) is 22.5. The van der Waals surface area contributed by atoms with Crippen molar-refractivity contribution in [2.24, 2.45) is 0 Å². The number of anilines is 1. The summed E-state index contributed by atoms with van der Waals surface area (Å²) in [4.78, 5) is 29.4. The van der Waals surface area contributed by atoms with Gasteiger partial charge in [-0.15, -0.1) is 0 Å². The molecular formula is C22H28N4O5S. The molecule has 9 nitrogen and oxygen atoms in total. The van der Waals surface area contributed by atoms with E-state index in [4.69, 9.17) is 4.42 Å². The summed E-state index contributed by atoms with van der Waals surface area (Å²) in [6.45, 7) is 5.72. The number of carbonyl (C=O) groups excluding carboxylic acids is 2. The molecule has 2 fully saturated rings. The van der Waals surface area contributed by atoms with E-state index >= 15 is 0 Å². The summed E-state index contributed by atoms with van der Waals surface area (Å²) in [7, 11) is -3.65. The standard InChI is InChI=1S/C22H28N4O5S/c1-2-24-11-13-25(14-12-24)32(29,30)18-7-3-6-17(16-18)23-21(27)19-8-4-10-26(19)22(28)20-9-5-15-31-20/h3,5-7,9,15-16,19H,2,4,8,10-14H2,1H3,(H,23,27)/t19-/m0/s1. The molecule has 2 saturated heterocycles. The summed E-state index contributed by atoms with van der Waals surface area (Å²) in [5, 5.41) is 2.79. The number of sulfonamides is 1. The van der Waals surface area contributed by atoms with Crippen molar-refractivity contribution in [1.82, 2.24) is 14.1 Å². The highest BCUT2D eigenvalue weighted by atomic mass is 32.2. The van der Waals surface area contributed by atoms with Gasteiger partial charge in [-0.3, -0.25) is 9.59 Å². The van der Waals surface area contributed by atoms with Crippen LogP contribution in [0.2, 0.25) is 0 Å². The summed E-state index contributed by atoms with van der Waals surface area (Å²) < 4.78 is 32.8. The first-order valence-electron chi connectivity index (χ1n) is 10.9. The second kappa shape index (κ2) is 9.43. The zero-order valence-electron chi connectivity index (χ0n) is 18.1. The van der Waals surface area contributed by atoms with Crippen molar-refractivity contribution in [3.05, 3.63) is 48.4 Å². The molecule has 2 amide bonds. The van der Waals surface area contributed by atoms with Crippen LogP contribution < -0.4 is 5.32 Å². The third kappa shape index (κ3) is 4.57. The molecule has 1 aromatic heterocycles. The molecule has 3 heterocycles. The Morgan fingerprint density at radius 2 is 1.88 bits per heavy atom. The lowest BCUT2D eigenvalue weighted by molar-refractivity contribution is -0.119. The number of amides is 2. The third-order valence-corrected chi connectivity index (χ3v) is 7.96. The van der Waals surface area contributed by atoms with Crippen LogP contribution in [-0.4, -0.2) is 79.6 Å². The first-order valence-corrected chi connectivity index (χ1v) is 12.3. The van der Waals surface area contributed by atoms with Crippen molar-refractivity contribution in [2.75, 3.05) is 44.6 Å². The van der Waals surface area contributed by atoms with E-state index in [0.717, 1.165) is 6.54 Å². The van der Waals surface area contributed by atoms with Crippen LogP contribution in [0.25, 0.3) is 0 Å². The fourth-order valence-corrected chi connectivity index (χ4v) is 5.69. The van der Waals surface area contributed by atoms with Crippen LogP contribution in [-0.2, 0) is 14.8 Å². The summed E-state index contributed by atoms with van der Waals surface area (Å²) >= 11 is 0. The summed E-state index contributed by atoms with van der Waals surface area (Å²) in [5.74, 6) is -0.468. The van der Waals surface area contributed by atoms with E-state index < -0.39 is 16.1 Å². The number of nitrogens with zero attached hydrogens (tertiary/aromatic N) is 3. The normalized spacial score (nSPS) is 20.4. The maximum Gasteiger partial charge on any atom is 0.290 e. The smallest absolute Gasteiger partial charge is 0.290 e. The van der Waals surface area contributed by atoms with E-state index in [2.05, 4.69) is 17.1 Å². The van der Waals surface area contributed by atoms with Crippen molar-refractivity contribution in [1.29, 1.82) is 0 Å². The Balaban J connectivity index is 1.45. The molecule has 0 radical (unpaired) electrons. The second-order valence-electron chi connectivity index (χ2n) is 7.99. The molecule has 4 rings (SSSR count). The van der Waals surface area contributed by atoms with Crippen LogP contribution in [0, 0.1) is 0 Å². The summed E-state index contributed by atoms with van der Waals surface area (Å²) in [6, 6.07) is 8.86. The number of likely N-dealkylation sites (tertiary alicyclic amines) is 1. The first-order chi connectivity index (χ1) is 15.4. The molecule has 172 valence electrons. The number of benzene rings is 1. The van der Waals surface area contributed by atoms with Gasteiger partial charge < -0.3 is 19.5 Å². The van der Waals surface area contributed by atoms with E-state index in [1.165, 1.54) is 21.5 Å². The molecule has 2 aliphatic heterocycles. The summed E-state index contributed by atoms with van der Waals surface area (Å²) in [6.07, 6.45) is 2.67. The number of hydrogen-bond acceptors (Lipinski definition) is 6. The summed E-state index contributed by atoms with van der Waals surface area (Å²) in [5.41, 5.74) is 0.389. The van der Waals surface area contributed by atoms with Gasteiger partial charge in [0.1, 0.15) is 6.04 Å². The van der Waals surface area contributed by atoms with Gasteiger partial charge in [0.05, 0.1) is 11.2 Å². The van der Waals surface area contributed by atoms with Crippen LogP contribution in [0.3, 0.4) is 0 Å². The second-order valence-corrected chi connectivity index (χ2v) is 9.93. The van der Waals surface area contributed by atoms with Gasteiger partial charge in [0, 0.05) is 38.4 Å². The van der Waals surface area contributed by atoms with Crippen LogP contribution in [0.4, 0.5) is 5.69 Å². The molecule has 0 aliphatic carbocycles. The minimum Gasteiger partial charge on any atom is -0.459 e. The fraction of sp³-hybridized carbons (Fsp3) is 0.455. The quantitative estimate of drug-likeness (QED) is 0.706. The van der Waals surface area contributed by atoms with Crippen LogP contribution >= 0.6 is 0 Å². The number of nitrogens with one attached hydrogen (secondary N) is 1. The Hall–Kier alpha value is -2.69. The molecule has 1 aromatic carbocycles. The molecule has 0 bridgehead atoms. The molecule has 0 unspecified atom stereocenters. The average molecular weight is 461 g/mol. The Labute approximate surface area is 188 Å². The minimum atomic E-state index is -3.65. The van der Waals surface area contributed by atoms with E-state index in [-0.39, 0.29) is 22.5 Å². The Kier molecular flexibility index (Phi) is 6.63. The zero-order valence-corrected chi connectivity index (χ0v) is 18.9. The molecule has 2 aliphatic rings. The molecule has 2 aromatic rings. The molecule has 1 atom stereocenters. The number of furan rings is 1. The van der Waals surface area contributed by atoms with Gasteiger partial charge in [-0.05, 0) is 49.7 Å². The number of carbonyl (C=O) groups is 2. The lowest BCUT2D eigenvalue weighted by Gasteiger charge is -2.33. The predicted molar refractivity (Wildman–Crippen MR) is 119 cm³/mol. The lowest BCUT2D eigenvalue weighted by atomic mass is 10.2. The minimum absolute atomic E-state index is 0.148. The van der Waals surface area contributed by atoms with E-state index in [9.17, 15) is 18.0 Å². The number of hydrogen-bond donors (Lipinski definition) is 1. The molecule has 1 N–H and O–H groups in total. The monoisotopic (exact) mass is 460 g/mol. The Morgan fingerprint density at radius 1 is 1.09 bits per heavy atom. The van der Waals surface area contributed by atoms with Crippen LogP contribution in [0.15, 0.2) is 52.0 Å². The molecule has 0 saturated carbocycles. The Morgan fingerprint density at radius 3 is 2.56 bits per heavy atom. The van der Waals surface area contributed by atoms with Gasteiger partial charge in [0.2, 0.25) is 15.9 Å². The molecule has 0 spiro atoms. The average Bonchev–Trinajstić information content (AvgIpc) is 3.51. The van der Waals surface area contributed by atoms with Gasteiger partial charge in [0.25, 0.3) is 5.91 Å². The highest BCUT2D eigenvalue weighted by Gasteiger charge is 2.36. The topological polar surface area (TPSA) is 103 Å². The highest BCUT2D eigenvalue weighted by Crippen LogP contribution is 2.24. The van der Waals surface area contributed by atoms with Gasteiger partial charge in [-0.25, -0.2) is 8.42 Å². The number of likely N-dealkylation sites (N-methyl/N-ethyl adjacent to an activating group) is 1. The van der Waals surface area contributed by atoms with Crippen molar-refractivity contribution in [3.63, 3.8) is 0 Å². The van der Waals surface area contributed by atoms with E-state index in [1.807, 2.05) is 0 Å². The maximum absolute atomic E-state index is 13.1. The van der Waals surface area contributed by atoms with Crippen molar-refractivity contribution in [2.45, 2.75) is 30.7 Å². The maximum atomic E-state index is 13.1. The largest absolute Gasteiger partial charge is 0.459 e. The van der Waals surface area contributed by atoms with Crippen LogP contribution in [0.1, 0.15) is 30.3 Å². The van der Waals surface area contributed by atoms with Gasteiger partial charge in [-0.2, -0.15) is 4.31 Å². The van der Waals surface area contributed by atoms with Gasteiger partial charge >= 0.3 is 0 Å². The van der Waals surface area contributed by atoms with Gasteiger partial charge in [-0.1, -0.05) is 13.0 Å². The van der Waals surface area contributed by atoms with E-state index in [0.29, 0.717) is 51.3 Å². The van der Waals surface area contributed by atoms with Crippen molar-refractivity contribution < 1.29 is 22.4 Å². The fourth-order valence-electron chi connectivity index (χ4n) is 4.22. The predicted octanol–water partition coefficient (Wildman–Crippen LogP) is 1.85. The zero-order chi connectivity index (χ0) is 22.7. The third-order valence-electron chi connectivity index (χ3n) is 6.07. The van der Waals surface area contributed by atoms with Crippen molar-refractivity contribution in [3.8, 4) is 0 Å². The van der Waals surface area contributed by atoms with Crippen molar-refractivity contribution >= 4 is 27.5 Å². The molecule has 32 heavy (non-hydrogen) atoms.